The van der Waals surface area contributed by atoms with Crippen molar-refractivity contribution in [3.63, 3.8) is 0 Å². The molecule has 0 saturated carbocycles. The van der Waals surface area contributed by atoms with Crippen LogP contribution in [0.5, 0.6) is 0 Å². The van der Waals surface area contributed by atoms with Gasteiger partial charge in [0.2, 0.25) is 0 Å². The van der Waals surface area contributed by atoms with E-state index in [1.807, 2.05) is 0 Å². The van der Waals surface area contributed by atoms with Crippen LogP contribution in [0.2, 0.25) is 0 Å². The lowest BCUT2D eigenvalue weighted by Gasteiger charge is -2.36. The van der Waals surface area contributed by atoms with Crippen LogP contribution in [-0.4, -0.2) is 43.7 Å². The zero-order chi connectivity index (χ0) is 10.7. The monoisotopic (exact) mass is 221 g/mol. The van der Waals surface area contributed by atoms with Crippen molar-refractivity contribution in [1.29, 1.82) is 0 Å². The molecule has 14 heavy (non-hydrogen) atoms. The zero-order valence-corrected chi connectivity index (χ0v) is 9.44. The standard InChI is InChI=1S/C9H19NO3S/c1-2-5-10-9(8-11)3-6-14(12,13)7-4-9/h10-11H,2-8H2,1H3. The van der Waals surface area contributed by atoms with Crippen LogP contribution >= 0.6 is 0 Å². The number of hydrogen-bond acceptors (Lipinski definition) is 4. The lowest BCUT2D eigenvalue weighted by molar-refractivity contribution is 0.149. The Morgan fingerprint density at radius 1 is 1.36 bits per heavy atom. The first-order valence-electron chi connectivity index (χ1n) is 5.10. The van der Waals surface area contributed by atoms with E-state index in [1.54, 1.807) is 0 Å². The van der Waals surface area contributed by atoms with Crippen molar-refractivity contribution in [1.82, 2.24) is 5.32 Å². The van der Waals surface area contributed by atoms with Gasteiger partial charge in [0.25, 0.3) is 0 Å². The maximum atomic E-state index is 11.2. The van der Waals surface area contributed by atoms with Gasteiger partial charge in [0.05, 0.1) is 18.1 Å². The fraction of sp³-hybridized carbons (Fsp3) is 1.00. The van der Waals surface area contributed by atoms with Gasteiger partial charge in [0.1, 0.15) is 9.84 Å². The highest BCUT2D eigenvalue weighted by Crippen LogP contribution is 2.23. The van der Waals surface area contributed by atoms with E-state index in [4.69, 9.17) is 0 Å². The van der Waals surface area contributed by atoms with Crippen molar-refractivity contribution in [2.24, 2.45) is 0 Å². The SMILES string of the molecule is CCCNC1(CO)CCS(=O)(=O)CC1. The van der Waals surface area contributed by atoms with E-state index in [9.17, 15) is 13.5 Å². The van der Waals surface area contributed by atoms with Crippen molar-refractivity contribution < 1.29 is 13.5 Å². The topological polar surface area (TPSA) is 66.4 Å². The molecule has 0 aliphatic carbocycles. The Bertz CT molecular complexity index is 260. The fourth-order valence-electron chi connectivity index (χ4n) is 1.71. The van der Waals surface area contributed by atoms with Crippen LogP contribution in [0.3, 0.4) is 0 Å². The number of rotatable bonds is 4. The normalized spacial score (nSPS) is 24.7. The van der Waals surface area contributed by atoms with Crippen LogP contribution in [0, 0.1) is 0 Å². The molecule has 0 bridgehead atoms. The lowest BCUT2D eigenvalue weighted by Crippen LogP contribution is -2.53. The average molecular weight is 221 g/mol. The summed E-state index contributed by atoms with van der Waals surface area (Å²) in [5.74, 6) is 0.397. The number of hydrogen-bond donors (Lipinski definition) is 2. The van der Waals surface area contributed by atoms with E-state index >= 15 is 0 Å². The van der Waals surface area contributed by atoms with Crippen LogP contribution in [0.1, 0.15) is 26.2 Å². The summed E-state index contributed by atoms with van der Waals surface area (Å²) in [6.45, 7) is 2.92. The molecule has 1 saturated heterocycles. The maximum absolute atomic E-state index is 11.2. The van der Waals surface area contributed by atoms with E-state index in [1.165, 1.54) is 0 Å². The van der Waals surface area contributed by atoms with Crippen molar-refractivity contribution in [3.8, 4) is 0 Å². The van der Waals surface area contributed by atoms with Gasteiger partial charge >= 0.3 is 0 Å². The highest BCUT2D eigenvalue weighted by atomic mass is 32.2. The summed E-state index contributed by atoms with van der Waals surface area (Å²) in [5, 5.41) is 12.5. The molecule has 0 aromatic rings. The summed E-state index contributed by atoms with van der Waals surface area (Å²) in [6.07, 6.45) is 2.06. The Morgan fingerprint density at radius 3 is 2.36 bits per heavy atom. The molecule has 0 unspecified atom stereocenters. The first-order chi connectivity index (χ1) is 6.54. The van der Waals surface area contributed by atoms with Gasteiger partial charge in [-0.25, -0.2) is 8.42 Å². The molecule has 0 aromatic carbocycles. The third kappa shape index (κ3) is 2.93. The molecule has 0 aromatic heterocycles. The van der Waals surface area contributed by atoms with E-state index in [2.05, 4.69) is 12.2 Å². The number of aliphatic hydroxyl groups excluding tert-OH is 1. The average Bonchev–Trinajstić information content (AvgIpc) is 2.18. The van der Waals surface area contributed by atoms with Crippen molar-refractivity contribution in [2.45, 2.75) is 31.7 Å². The Morgan fingerprint density at radius 2 is 1.93 bits per heavy atom. The lowest BCUT2D eigenvalue weighted by atomic mass is 9.93. The van der Waals surface area contributed by atoms with Crippen molar-refractivity contribution >= 4 is 9.84 Å². The second kappa shape index (κ2) is 4.59. The first kappa shape index (κ1) is 11.9. The summed E-state index contributed by atoms with van der Waals surface area (Å²) >= 11 is 0. The Balaban J connectivity index is 2.56. The smallest absolute Gasteiger partial charge is 0.150 e. The van der Waals surface area contributed by atoms with Crippen LogP contribution in [-0.2, 0) is 9.84 Å². The highest BCUT2D eigenvalue weighted by Gasteiger charge is 2.35. The molecule has 4 nitrogen and oxygen atoms in total. The zero-order valence-electron chi connectivity index (χ0n) is 8.62. The molecule has 1 fully saturated rings. The molecule has 5 heteroatoms. The molecule has 1 aliphatic heterocycles. The van der Waals surface area contributed by atoms with Gasteiger partial charge < -0.3 is 10.4 Å². The van der Waals surface area contributed by atoms with E-state index in [0.29, 0.717) is 12.8 Å². The maximum Gasteiger partial charge on any atom is 0.150 e. The molecular formula is C9H19NO3S. The van der Waals surface area contributed by atoms with Gasteiger partial charge in [-0.05, 0) is 25.8 Å². The molecule has 2 N–H and O–H groups in total. The van der Waals surface area contributed by atoms with Crippen LogP contribution in [0.4, 0.5) is 0 Å². The quantitative estimate of drug-likeness (QED) is 0.697. The summed E-state index contributed by atoms with van der Waals surface area (Å²) in [4.78, 5) is 0. The molecule has 84 valence electrons. The summed E-state index contributed by atoms with van der Waals surface area (Å²) in [5.41, 5.74) is -0.346. The van der Waals surface area contributed by atoms with Gasteiger partial charge in [-0.3, -0.25) is 0 Å². The summed E-state index contributed by atoms with van der Waals surface area (Å²) < 4.78 is 22.4. The Hall–Kier alpha value is -0.130. The van der Waals surface area contributed by atoms with E-state index < -0.39 is 9.84 Å². The van der Waals surface area contributed by atoms with Crippen molar-refractivity contribution in [3.05, 3.63) is 0 Å². The van der Waals surface area contributed by atoms with Gasteiger partial charge in [-0.15, -0.1) is 0 Å². The number of sulfone groups is 1. The molecule has 0 radical (unpaired) electrons. The van der Waals surface area contributed by atoms with Crippen LogP contribution in [0.15, 0.2) is 0 Å². The summed E-state index contributed by atoms with van der Waals surface area (Å²) in [7, 11) is -2.84. The molecule has 1 heterocycles. The van der Waals surface area contributed by atoms with Gasteiger partial charge in [-0.1, -0.05) is 6.92 Å². The Kier molecular flexibility index (Phi) is 3.92. The predicted molar refractivity (Wildman–Crippen MR) is 56.0 cm³/mol. The Labute approximate surface area is 85.6 Å². The molecule has 0 atom stereocenters. The third-order valence-electron chi connectivity index (χ3n) is 2.84. The fourth-order valence-corrected chi connectivity index (χ4v) is 3.32. The third-order valence-corrected chi connectivity index (χ3v) is 4.49. The van der Waals surface area contributed by atoms with E-state index in [0.717, 1.165) is 13.0 Å². The summed E-state index contributed by atoms with van der Waals surface area (Å²) in [6, 6.07) is 0. The van der Waals surface area contributed by atoms with Gasteiger partial charge in [0.15, 0.2) is 0 Å². The minimum atomic E-state index is -2.84. The minimum absolute atomic E-state index is 0.0303. The molecule has 1 rings (SSSR count). The van der Waals surface area contributed by atoms with Crippen molar-refractivity contribution in [2.75, 3.05) is 24.7 Å². The van der Waals surface area contributed by atoms with Crippen LogP contribution < -0.4 is 5.32 Å². The molecule has 1 aliphatic rings. The minimum Gasteiger partial charge on any atom is -0.394 e. The molecular weight excluding hydrogens is 202 g/mol. The highest BCUT2D eigenvalue weighted by molar-refractivity contribution is 7.91. The predicted octanol–water partition coefficient (Wildman–Crippen LogP) is -0.0743. The first-order valence-corrected chi connectivity index (χ1v) is 6.92. The molecule has 0 spiro atoms. The number of nitrogens with one attached hydrogen (secondary N) is 1. The van der Waals surface area contributed by atoms with Gasteiger partial charge in [-0.2, -0.15) is 0 Å². The molecule has 0 amide bonds. The number of aliphatic hydroxyl groups is 1. The van der Waals surface area contributed by atoms with Gasteiger partial charge in [0, 0.05) is 5.54 Å². The van der Waals surface area contributed by atoms with E-state index in [-0.39, 0.29) is 23.7 Å². The second-order valence-electron chi connectivity index (χ2n) is 4.02. The largest absolute Gasteiger partial charge is 0.394 e. The second-order valence-corrected chi connectivity index (χ2v) is 6.32. The van der Waals surface area contributed by atoms with Crippen LogP contribution in [0.25, 0.3) is 0 Å².